The largest absolute Gasteiger partial charge is 0.337 e. The van der Waals surface area contributed by atoms with E-state index < -0.39 is 0 Å². The van der Waals surface area contributed by atoms with E-state index in [1.54, 1.807) is 11.1 Å². The molecule has 1 aromatic heterocycles. The van der Waals surface area contributed by atoms with Gasteiger partial charge in [-0.25, -0.2) is 0 Å². The fraction of sp³-hybridized carbons (Fsp3) is 0.500. The van der Waals surface area contributed by atoms with Crippen LogP contribution in [-0.2, 0) is 4.79 Å². The van der Waals surface area contributed by atoms with Gasteiger partial charge in [0.2, 0.25) is 0 Å². The van der Waals surface area contributed by atoms with Crippen molar-refractivity contribution in [1.82, 2.24) is 15.1 Å². The molecule has 0 bridgehead atoms. The first-order chi connectivity index (χ1) is 7.18. The molecule has 0 aromatic carbocycles. The summed E-state index contributed by atoms with van der Waals surface area (Å²) < 4.78 is 0. The number of likely N-dealkylation sites (tertiary alicyclic amines) is 1. The topological polar surface area (TPSA) is 66.1 Å². The van der Waals surface area contributed by atoms with Crippen molar-refractivity contribution in [3.8, 4) is 0 Å². The maximum absolute atomic E-state index is 11.9. The third kappa shape index (κ3) is 1.91. The number of hydrogen-bond acceptors (Lipinski definition) is 3. The minimum Gasteiger partial charge on any atom is -0.337 e. The molecule has 0 radical (unpaired) electrons. The predicted molar refractivity (Wildman–Crippen MR) is 53.3 cm³/mol. The summed E-state index contributed by atoms with van der Waals surface area (Å²) in [5, 5.41) is 6.34. The lowest BCUT2D eigenvalue weighted by Gasteiger charge is -2.29. The molecule has 1 fully saturated rings. The first kappa shape index (κ1) is 9.89. The second-order valence-electron chi connectivity index (χ2n) is 3.86. The van der Waals surface area contributed by atoms with Crippen LogP contribution in [0.5, 0.6) is 0 Å². The molecule has 1 aromatic rings. The molecule has 80 valence electrons. The van der Waals surface area contributed by atoms with Crippen LogP contribution in [0.15, 0.2) is 12.4 Å². The standard InChI is InChI=1S/C10H13N3O2/c1-7-6-13(3-2-9(7)14)10(15)8-4-11-12-5-8/h4-5,7H,2-3,6H2,1H3,(H,11,12). The second-order valence-corrected chi connectivity index (χ2v) is 3.86. The zero-order valence-corrected chi connectivity index (χ0v) is 8.56. The van der Waals surface area contributed by atoms with Crippen molar-refractivity contribution < 1.29 is 9.59 Å². The number of aromatic amines is 1. The molecule has 0 aliphatic carbocycles. The van der Waals surface area contributed by atoms with E-state index in [4.69, 9.17) is 0 Å². The summed E-state index contributed by atoms with van der Waals surface area (Å²) >= 11 is 0. The van der Waals surface area contributed by atoms with Gasteiger partial charge in [0.25, 0.3) is 5.91 Å². The molecule has 15 heavy (non-hydrogen) atoms. The maximum atomic E-state index is 11.9. The van der Waals surface area contributed by atoms with Crippen LogP contribution in [0.1, 0.15) is 23.7 Å². The van der Waals surface area contributed by atoms with Gasteiger partial charge in [-0.1, -0.05) is 6.92 Å². The molecule has 1 saturated heterocycles. The van der Waals surface area contributed by atoms with Gasteiger partial charge in [0.1, 0.15) is 5.78 Å². The third-order valence-electron chi connectivity index (χ3n) is 2.70. The molecule has 1 amide bonds. The minimum atomic E-state index is -0.0527. The quantitative estimate of drug-likeness (QED) is 0.727. The third-order valence-corrected chi connectivity index (χ3v) is 2.70. The van der Waals surface area contributed by atoms with Gasteiger partial charge in [-0.15, -0.1) is 0 Å². The fourth-order valence-electron chi connectivity index (χ4n) is 1.75. The van der Waals surface area contributed by atoms with Gasteiger partial charge >= 0.3 is 0 Å². The van der Waals surface area contributed by atoms with Crippen LogP contribution in [-0.4, -0.2) is 39.9 Å². The Morgan fingerprint density at radius 3 is 3.07 bits per heavy atom. The Hall–Kier alpha value is -1.65. The summed E-state index contributed by atoms with van der Waals surface area (Å²) in [6, 6.07) is 0. The van der Waals surface area contributed by atoms with Crippen molar-refractivity contribution in [3.05, 3.63) is 18.0 Å². The number of amides is 1. The first-order valence-electron chi connectivity index (χ1n) is 4.99. The molecule has 2 rings (SSSR count). The molecular weight excluding hydrogens is 194 g/mol. The molecule has 1 aliphatic rings. The normalized spacial score (nSPS) is 21.8. The van der Waals surface area contributed by atoms with Crippen LogP contribution in [0.25, 0.3) is 0 Å². The van der Waals surface area contributed by atoms with E-state index >= 15 is 0 Å². The van der Waals surface area contributed by atoms with Crippen LogP contribution in [0, 0.1) is 5.92 Å². The van der Waals surface area contributed by atoms with E-state index in [1.165, 1.54) is 6.20 Å². The van der Waals surface area contributed by atoms with Gasteiger partial charge in [-0.3, -0.25) is 14.7 Å². The highest BCUT2D eigenvalue weighted by atomic mass is 16.2. The minimum absolute atomic E-state index is 0.0467. The number of piperidine rings is 1. The lowest BCUT2D eigenvalue weighted by molar-refractivity contribution is -0.124. The number of ketones is 1. The second kappa shape index (κ2) is 3.84. The molecule has 0 spiro atoms. The number of nitrogens with one attached hydrogen (secondary N) is 1. The molecule has 1 N–H and O–H groups in total. The molecule has 1 aliphatic heterocycles. The summed E-state index contributed by atoms with van der Waals surface area (Å²) in [6.07, 6.45) is 3.54. The SMILES string of the molecule is CC1CN(C(=O)c2cn[nH]c2)CCC1=O. The molecule has 1 unspecified atom stereocenters. The Labute approximate surface area is 87.5 Å². The number of Topliss-reactive ketones (excluding diaryl/α,β-unsaturated/α-hetero) is 1. The molecule has 1 atom stereocenters. The highest BCUT2D eigenvalue weighted by Crippen LogP contribution is 2.14. The van der Waals surface area contributed by atoms with Crippen LogP contribution in [0.2, 0.25) is 0 Å². The van der Waals surface area contributed by atoms with Gasteiger partial charge in [-0.05, 0) is 0 Å². The zero-order chi connectivity index (χ0) is 10.8. The number of rotatable bonds is 1. The number of carbonyl (C=O) groups is 2. The summed E-state index contributed by atoms with van der Waals surface area (Å²) in [5.74, 6) is 0.143. The Morgan fingerprint density at radius 2 is 2.47 bits per heavy atom. The maximum Gasteiger partial charge on any atom is 0.257 e. The van der Waals surface area contributed by atoms with Crippen molar-refractivity contribution in [3.63, 3.8) is 0 Å². The summed E-state index contributed by atoms with van der Waals surface area (Å²) in [6.45, 7) is 2.90. The predicted octanol–water partition coefficient (Wildman–Crippen LogP) is 0.461. The van der Waals surface area contributed by atoms with E-state index in [-0.39, 0.29) is 17.6 Å². The van der Waals surface area contributed by atoms with Gasteiger partial charge in [0.15, 0.2) is 0 Å². The van der Waals surface area contributed by atoms with Crippen molar-refractivity contribution in [2.24, 2.45) is 5.92 Å². The molecular formula is C10H13N3O2. The summed E-state index contributed by atoms with van der Waals surface area (Å²) in [7, 11) is 0. The van der Waals surface area contributed by atoms with Gasteiger partial charge in [0, 0.05) is 31.6 Å². The number of carbonyl (C=O) groups excluding carboxylic acids is 2. The molecule has 2 heterocycles. The number of H-pyrrole nitrogens is 1. The Kier molecular flexibility index (Phi) is 2.53. The molecule has 5 heteroatoms. The number of nitrogens with zero attached hydrogens (tertiary/aromatic N) is 2. The van der Waals surface area contributed by atoms with Crippen molar-refractivity contribution in [2.75, 3.05) is 13.1 Å². The Bertz CT molecular complexity index is 372. The Balaban J connectivity index is 2.06. The van der Waals surface area contributed by atoms with Crippen LogP contribution in [0.4, 0.5) is 0 Å². The summed E-state index contributed by atoms with van der Waals surface area (Å²) in [4.78, 5) is 24.9. The monoisotopic (exact) mass is 207 g/mol. The molecule has 0 saturated carbocycles. The van der Waals surface area contributed by atoms with Crippen LogP contribution < -0.4 is 0 Å². The van der Waals surface area contributed by atoms with Gasteiger partial charge in [-0.2, -0.15) is 5.10 Å². The van der Waals surface area contributed by atoms with E-state index in [9.17, 15) is 9.59 Å². The van der Waals surface area contributed by atoms with E-state index in [0.717, 1.165) is 0 Å². The average Bonchev–Trinajstić information content (AvgIpc) is 2.74. The lowest BCUT2D eigenvalue weighted by atomic mass is 9.98. The smallest absolute Gasteiger partial charge is 0.257 e. The van der Waals surface area contributed by atoms with E-state index in [2.05, 4.69) is 10.2 Å². The highest BCUT2D eigenvalue weighted by molar-refractivity contribution is 5.95. The van der Waals surface area contributed by atoms with E-state index in [0.29, 0.717) is 25.1 Å². The summed E-state index contributed by atoms with van der Waals surface area (Å²) in [5.41, 5.74) is 0.552. The Morgan fingerprint density at radius 1 is 1.67 bits per heavy atom. The van der Waals surface area contributed by atoms with Crippen molar-refractivity contribution in [2.45, 2.75) is 13.3 Å². The zero-order valence-electron chi connectivity index (χ0n) is 8.56. The van der Waals surface area contributed by atoms with Gasteiger partial charge in [0.05, 0.1) is 11.8 Å². The van der Waals surface area contributed by atoms with Crippen molar-refractivity contribution in [1.29, 1.82) is 0 Å². The number of aromatic nitrogens is 2. The fourth-order valence-corrected chi connectivity index (χ4v) is 1.75. The number of hydrogen-bond donors (Lipinski definition) is 1. The van der Waals surface area contributed by atoms with Crippen molar-refractivity contribution >= 4 is 11.7 Å². The van der Waals surface area contributed by atoms with Crippen LogP contribution in [0.3, 0.4) is 0 Å². The van der Waals surface area contributed by atoms with E-state index in [1.807, 2.05) is 6.92 Å². The van der Waals surface area contributed by atoms with Crippen LogP contribution >= 0.6 is 0 Å². The highest BCUT2D eigenvalue weighted by Gasteiger charge is 2.27. The van der Waals surface area contributed by atoms with Gasteiger partial charge < -0.3 is 4.90 Å². The lowest BCUT2D eigenvalue weighted by Crippen LogP contribution is -2.43. The first-order valence-corrected chi connectivity index (χ1v) is 4.99. The average molecular weight is 207 g/mol. The molecule has 5 nitrogen and oxygen atoms in total.